The van der Waals surface area contributed by atoms with Crippen LogP contribution in [0.4, 0.5) is 0 Å². The van der Waals surface area contributed by atoms with Crippen molar-refractivity contribution >= 4 is 5.91 Å². The van der Waals surface area contributed by atoms with E-state index in [9.17, 15) is 4.79 Å². The number of amides is 1. The normalized spacial score (nSPS) is 20.8. The molecule has 2 aromatic rings. The highest BCUT2D eigenvalue weighted by Gasteiger charge is 2.41. The van der Waals surface area contributed by atoms with E-state index in [1.807, 2.05) is 35.2 Å². The first-order valence-corrected chi connectivity index (χ1v) is 8.75. The van der Waals surface area contributed by atoms with Crippen molar-refractivity contribution in [3.63, 3.8) is 0 Å². The second kappa shape index (κ2) is 6.57. The van der Waals surface area contributed by atoms with Crippen molar-refractivity contribution in [3.05, 3.63) is 42.2 Å². The smallest absolute Gasteiger partial charge is 0.274 e. The average molecular weight is 341 g/mol. The average Bonchev–Trinajstić information content (AvgIpc) is 3.14. The van der Waals surface area contributed by atoms with Crippen LogP contribution in [0.15, 0.2) is 36.5 Å². The molecule has 2 aliphatic rings. The maximum atomic E-state index is 13.1. The summed E-state index contributed by atoms with van der Waals surface area (Å²) >= 11 is 0. The Balaban J connectivity index is 1.55. The Morgan fingerprint density at radius 2 is 1.92 bits per heavy atom. The lowest BCUT2D eigenvalue weighted by atomic mass is 9.89. The van der Waals surface area contributed by atoms with Gasteiger partial charge in [0.2, 0.25) is 0 Å². The van der Waals surface area contributed by atoms with Gasteiger partial charge in [-0.1, -0.05) is 23.4 Å². The van der Waals surface area contributed by atoms with E-state index in [-0.39, 0.29) is 11.5 Å². The third-order valence-electron chi connectivity index (χ3n) is 5.20. The highest BCUT2D eigenvalue weighted by atomic mass is 16.5. The molecule has 4 rings (SSSR count). The van der Waals surface area contributed by atoms with Crippen LogP contribution in [0.1, 0.15) is 23.3 Å². The number of nitrogens with zero attached hydrogens (tertiary/aromatic N) is 5. The molecule has 1 aromatic heterocycles. The van der Waals surface area contributed by atoms with E-state index in [0.717, 1.165) is 31.6 Å². The first kappa shape index (κ1) is 16.2. The van der Waals surface area contributed by atoms with Gasteiger partial charge in [-0.05, 0) is 32.0 Å². The van der Waals surface area contributed by atoms with Crippen molar-refractivity contribution in [1.29, 1.82) is 0 Å². The third-order valence-corrected chi connectivity index (χ3v) is 5.20. The summed E-state index contributed by atoms with van der Waals surface area (Å²) in [6, 6.07) is 9.63. The van der Waals surface area contributed by atoms with Crippen molar-refractivity contribution in [2.75, 3.05) is 39.8 Å². The number of benzene rings is 1. The fourth-order valence-electron chi connectivity index (χ4n) is 3.65. The maximum absolute atomic E-state index is 13.1. The number of likely N-dealkylation sites (tertiary alicyclic amines) is 1. The van der Waals surface area contributed by atoms with Crippen molar-refractivity contribution in [3.8, 4) is 5.69 Å². The lowest BCUT2D eigenvalue weighted by molar-refractivity contribution is -0.125. The molecule has 0 N–H and O–H groups in total. The molecule has 1 aromatic carbocycles. The fraction of sp³-hybridized carbons (Fsp3) is 0.500. The molecule has 7 nitrogen and oxygen atoms in total. The van der Waals surface area contributed by atoms with Gasteiger partial charge < -0.3 is 14.5 Å². The van der Waals surface area contributed by atoms with Crippen LogP contribution >= 0.6 is 0 Å². The van der Waals surface area contributed by atoms with E-state index in [4.69, 9.17) is 4.74 Å². The Bertz CT molecular complexity index is 737. The van der Waals surface area contributed by atoms with E-state index in [0.29, 0.717) is 25.4 Å². The molecular formula is C18H23N5O2. The Hall–Kier alpha value is -2.25. The quantitative estimate of drug-likeness (QED) is 0.821. The molecule has 2 fully saturated rings. The minimum Gasteiger partial charge on any atom is -0.371 e. The summed E-state index contributed by atoms with van der Waals surface area (Å²) in [4.78, 5) is 17.3. The Labute approximate surface area is 147 Å². The second-order valence-electron chi connectivity index (χ2n) is 6.93. The number of carbonyl (C=O) groups excluding carboxylic acids is 1. The zero-order valence-electron chi connectivity index (χ0n) is 14.5. The summed E-state index contributed by atoms with van der Waals surface area (Å²) in [5.41, 5.74) is 1.13. The molecule has 0 saturated carbocycles. The molecule has 2 aliphatic heterocycles. The van der Waals surface area contributed by atoms with Gasteiger partial charge in [0.1, 0.15) is 0 Å². The van der Waals surface area contributed by atoms with Gasteiger partial charge in [0, 0.05) is 19.6 Å². The van der Waals surface area contributed by atoms with Crippen LogP contribution in [0.5, 0.6) is 0 Å². The zero-order chi connectivity index (χ0) is 17.3. The van der Waals surface area contributed by atoms with E-state index >= 15 is 0 Å². The summed E-state index contributed by atoms with van der Waals surface area (Å²) in [5.74, 6) is -0.0320. The molecule has 1 amide bonds. The maximum Gasteiger partial charge on any atom is 0.274 e. The Morgan fingerprint density at radius 3 is 2.68 bits per heavy atom. The number of piperidine rings is 1. The number of ether oxygens (including phenoxy) is 1. The first-order chi connectivity index (χ1) is 12.2. The van der Waals surface area contributed by atoms with Gasteiger partial charge in [-0.3, -0.25) is 4.79 Å². The molecule has 3 heterocycles. The summed E-state index contributed by atoms with van der Waals surface area (Å²) in [7, 11) is 2.13. The van der Waals surface area contributed by atoms with Crippen LogP contribution in [0.3, 0.4) is 0 Å². The molecule has 1 spiro atoms. The van der Waals surface area contributed by atoms with Crippen molar-refractivity contribution in [1.82, 2.24) is 24.8 Å². The summed E-state index contributed by atoms with van der Waals surface area (Å²) in [6.07, 6.45) is 3.47. The second-order valence-corrected chi connectivity index (χ2v) is 6.93. The number of rotatable bonds is 2. The number of hydrogen-bond acceptors (Lipinski definition) is 5. The van der Waals surface area contributed by atoms with Gasteiger partial charge in [-0.25, -0.2) is 4.68 Å². The van der Waals surface area contributed by atoms with Crippen molar-refractivity contribution < 1.29 is 9.53 Å². The van der Waals surface area contributed by atoms with Crippen LogP contribution in [0, 0.1) is 0 Å². The van der Waals surface area contributed by atoms with Crippen LogP contribution < -0.4 is 0 Å². The van der Waals surface area contributed by atoms with Crippen LogP contribution in [0.2, 0.25) is 0 Å². The van der Waals surface area contributed by atoms with Gasteiger partial charge in [-0.2, -0.15) is 0 Å². The van der Waals surface area contributed by atoms with E-state index in [1.165, 1.54) is 0 Å². The standard InChI is InChI=1S/C18H23N5O2/c1-21-9-7-18(8-10-21)14-22(11-12-25-18)17(24)16-13-19-20-23(16)15-5-3-2-4-6-15/h2-6,13H,7-12,14H2,1H3. The van der Waals surface area contributed by atoms with E-state index < -0.39 is 0 Å². The van der Waals surface area contributed by atoms with Crippen LogP contribution in [-0.2, 0) is 4.74 Å². The number of morpholine rings is 1. The number of carbonyl (C=O) groups is 1. The minimum absolute atomic E-state index is 0.0320. The zero-order valence-corrected chi connectivity index (χ0v) is 14.5. The van der Waals surface area contributed by atoms with Gasteiger partial charge in [0.05, 0.1) is 30.6 Å². The fourth-order valence-corrected chi connectivity index (χ4v) is 3.65. The molecule has 25 heavy (non-hydrogen) atoms. The summed E-state index contributed by atoms with van der Waals surface area (Å²) in [5, 5.41) is 8.05. The predicted molar refractivity (Wildman–Crippen MR) is 92.7 cm³/mol. The topological polar surface area (TPSA) is 63.5 Å². The summed E-state index contributed by atoms with van der Waals surface area (Å²) in [6.45, 7) is 3.84. The van der Waals surface area contributed by atoms with Gasteiger partial charge in [0.15, 0.2) is 5.69 Å². The van der Waals surface area contributed by atoms with E-state index in [1.54, 1.807) is 10.9 Å². The van der Waals surface area contributed by atoms with Crippen LogP contribution in [-0.4, -0.2) is 76.1 Å². The number of para-hydroxylation sites is 1. The Kier molecular flexibility index (Phi) is 4.27. The van der Waals surface area contributed by atoms with Gasteiger partial charge in [-0.15, -0.1) is 5.10 Å². The van der Waals surface area contributed by atoms with Crippen molar-refractivity contribution in [2.45, 2.75) is 18.4 Å². The van der Waals surface area contributed by atoms with Crippen LogP contribution in [0.25, 0.3) is 5.69 Å². The predicted octanol–water partition coefficient (Wildman–Crippen LogP) is 1.20. The molecule has 0 radical (unpaired) electrons. The molecule has 0 unspecified atom stereocenters. The highest BCUT2D eigenvalue weighted by Crippen LogP contribution is 2.30. The number of aromatic nitrogens is 3. The Morgan fingerprint density at radius 1 is 1.16 bits per heavy atom. The molecular weight excluding hydrogens is 318 g/mol. The minimum atomic E-state index is -0.203. The largest absolute Gasteiger partial charge is 0.371 e. The lowest BCUT2D eigenvalue weighted by Crippen LogP contribution is -2.57. The lowest BCUT2D eigenvalue weighted by Gasteiger charge is -2.46. The van der Waals surface area contributed by atoms with Crippen molar-refractivity contribution in [2.24, 2.45) is 0 Å². The monoisotopic (exact) mass is 341 g/mol. The number of hydrogen-bond donors (Lipinski definition) is 0. The third kappa shape index (κ3) is 3.17. The summed E-state index contributed by atoms with van der Waals surface area (Å²) < 4.78 is 7.72. The SMILES string of the molecule is CN1CCC2(CC1)CN(C(=O)c1cnnn1-c1ccccc1)CCO2. The molecule has 0 bridgehead atoms. The van der Waals surface area contributed by atoms with E-state index in [2.05, 4.69) is 22.3 Å². The molecule has 0 atom stereocenters. The highest BCUT2D eigenvalue weighted by molar-refractivity contribution is 5.93. The molecule has 2 saturated heterocycles. The molecule has 7 heteroatoms. The molecule has 0 aliphatic carbocycles. The first-order valence-electron chi connectivity index (χ1n) is 8.75. The van der Waals surface area contributed by atoms with Gasteiger partial charge in [0.25, 0.3) is 5.91 Å². The molecule has 132 valence electrons. The van der Waals surface area contributed by atoms with Gasteiger partial charge >= 0.3 is 0 Å².